The largest absolute Gasteiger partial charge is 0.489 e. The molecule has 1 aliphatic rings. The lowest BCUT2D eigenvalue weighted by Gasteiger charge is -2.35. The molecule has 0 bridgehead atoms. The van der Waals surface area contributed by atoms with Crippen molar-refractivity contribution in [3.63, 3.8) is 0 Å². The number of hydrogen-bond acceptors (Lipinski definition) is 5. The third-order valence-corrected chi connectivity index (χ3v) is 9.85. The number of carbonyl (C=O) groups excluding carboxylic acids is 2. The van der Waals surface area contributed by atoms with E-state index in [1.807, 2.05) is 91.9 Å². The van der Waals surface area contributed by atoms with Crippen molar-refractivity contribution in [2.24, 2.45) is 0 Å². The zero-order valence-corrected chi connectivity index (χ0v) is 28.6. The molecule has 0 unspecified atom stereocenters. The molecule has 1 fully saturated rings. The zero-order valence-electron chi connectivity index (χ0n) is 27.8. The van der Waals surface area contributed by atoms with Crippen LogP contribution < -0.4 is 14.4 Å². The number of benzene rings is 4. The van der Waals surface area contributed by atoms with E-state index in [1.165, 1.54) is 0 Å². The Hall–Kier alpha value is -4.63. The summed E-state index contributed by atoms with van der Waals surface area (Å²) in [6.45, 7) is 2.04. The topological polar surface area (TPSA) is 96.0 Å². The normalized spacial score (nSPS) is 14.1. The van der Waals surface area contributed by atoms with Gasteiger partial charge in [-0.3, -0.25) is 13.9 Å². The van der Waals surface area contributed by atoms with E-state index >= 15 is 0 Å². The lowest BCUT2D eigenvalue weighted by atomic mass is 9.94. The van der Waals surface area contributed by atoms with Crippen molar-refractivity contribution >= 4 is 27.5 Å². The van der Waals surface area contributed by atoms with E-state index in [0.717, 1.165) is 64.9 Å². The molecule has 0 heterocycles. The summed E-state index contributed by atoms with van der Waals surface area (Å²) < 4.78 is 33.4. The summed E-state index contributed by atoms with van der Waals surface area (Å²) in [6.07, 6.45) is 6.45. The second kappa shape index (κ2) is 16.5. The average molecular weight is 668 g/mol. The smallest absolute Gasteiger partial charge is 0.244 e. The molecule has 1 atom stereocenters. The maximum absolute atomic E-state index is 14.4. The fourth-order valence-corrected chi connectivity index (χ4v) is 7.02. The molecule has 8 nitrogen and oxygen atoms in total. The Labute approximate surface area is 284 Å². The highest BCUT2D eigenvalue weighted by Crippen LogP contribution is 2.25. The van der Waals surface area contributed by atoms with Crippen LogP contribution in [0.25, 0.3) is 0 Å². The Morgan fingerprint density at radius 1 is 0.812 bits per heavy atom. The Morgan fingerprint density at radius 2 is 1.44 bits per heavy atom. The molecule has 0 spiro atoms. The van der Waals surface area contributed by atoms with Gasteiger partial charge in [0.05, 0.1) is 11.9 Å². The fourth-order valence-electron chi connectivity index (χ4n) is 6.17. The molecule has 2 amide bonds. The average Bonchev–Trinajstić information content (AvgIpc) is 3.09. The first-order valence-electron chi connectivity index (χ1n) is 16.6. The first-order chi connectivity index (χ1) is 23.2. The number of nitrogens with zero attached hydrogens (tertiary/aromatic N) is 2. The Morgan fingerprint density at radius 3 is 2.06 bits per heavy atom. The molecule has 0 saturated heterocycles. The summed E-state index contributed by atoms with van der Waals surface area (Å²) in [7, 11) is -3.88. The number of ether oxygens (including phenoxy) is 1. The van der Waals surface area contributed by atoms with E-state index in [0.29, 0.717) is 24.5 Å². The zero-order chi connectivity index (χ0) is 33.9. The van der Waals surface area contributed by atoms with Crippen molar-refractivity contribution in [2.45, 2.75) is 70.7 Å². The van der Waals surface area contributed by atoms with Gasteiger partial charge in [0.2, 0.25) is 21.8 Å². The van der Waals surface area contributed by atoms with Gasteiger partial charge in [0, 0.05) is 19.0 Å². The minimum Gasteiger partial charge on any atom is -0.489 e. The lowest BCUT2D eigenvalue weighted by Crippen LogP contribution is -2.55. The van der Waals surface area contributed by atoms with Crippen LogP contribution in [0.4, 0.5) is 5.69 Å². The van der Waals surface area contributed by atoms with Crippen LogP contribution in [0, 0.1) is 6.92 Å². The van der Waals surface area contributed by atoms with Gasteiger partial charge in [-0.2, -0.15) is 0 Å². The van der Waals surface area contributed by atoms with Gasteiger partial charge < -0.3 is 15.0 Å². The monoisotopic (exact) mass is 667 g/mol. The number of amides is 2. The number of hydrogen-bond donors (Lipinski definition) is 1. The maximum Gasteiger partial charge on any atom is 0.244 e. The second-order valence-electron chi connectivity index (χ2n) is 12.6. The third-order valence-electron chi connectivity index (χ3n) is 8.71. The molecule has 4 aromatic rings. The predicted molar refractivity (Wildman–Crippen MR) is 190 cm³/mol. The Bertz CT molecular complexity index is 1740. The van der Waals surface area contributed by atoms with Gasteiger partial charge in [-0.15, -0.1) is 0 Å². The van der Waals surface area contributed by atoms with Gasteiger partial charge in [0.1, 0.15) is 24.9 Å². The van der Waals surface area contributed by atoms with Gasteiger partial charge in [-0.05, 0) is 60.7 Å². The van der Waals surface area contributed by atoms with Gasteiger partial charge in [0.15, 0.2) is 0 Å². The van der Waals surface area contributed by atoms with Crippen LogP contribution in [-0.4, -0.2) is 50.0 Å². The molecule has 0 radical (unpaired) electrons. The van der Waals surface area contributed by atoms with Crippen LogP contribution >= 0.6 is 0 Å². The van der Waals surface area contributed by atoms with Crippen LogP contribution in [0.3, 0.4) is 0 Å². The molecule has 1 aliphatic carbocycles. The summed E-state index contributed by atoms with van der Waals surface area (Å²) in [4.78, 5) is 30.1. The highest BCUT2D eigenvalue weighted by molar-refractivity contribution is 7.92. The predicted octanol–water partition coefficient (Wildman–Crippen LogP) is 6.43. The molecule has 0 aliphatic heterocycles. The second-order valence-corrected chi connectivity index (χ2v) is 14.5. The summed E-state index contributed by atoms with van der Waals surface area (Å²) in [5, 5.41) is 3.24. The highest BCUT2D eigenvalue weighted by atomic mass is 32.2. The van der Waals surface area contributed by atoms with Crippen molar-refractivity contribution < 1.29 is 22.7 Å². The van der Waals surface area contributed by atoms with E-state index in [1.54, 1.807) is 29.2 Å². The molecule has 252 valence electrons. The first kappa shape index (κ1) is 34.7. The molecular formula is C39H45N3O5S. The molecule has 9 heteroatoms. The van der Waals surface area contributed by atoms with E-state index in [9.17, 15) is 18.0 Å². The number of rotatable bonds is 14. The number of nitrogens with one attached hydrogen (secondary N) is 1. The Balaban J connectivity index is 1.43. The van der Waals surface area contributed by atoms with Gasteiger partial charge >= 0.3 is 0 Å². The van der Waals surface area contributed by atoms with Crippen LogP contribution in [0.15, 0.2) is 109 Å². The van der Waals surface area contributed by atoms with E-state index < -0.39 is 28.5 Å². The standard InChI is InChI=1S/C39H45N3O5S/c1-30-13-12-18-33(25-30)27-41(37(26-31-14-6-3-7-15-31)39(44)40-34-19-10-5-11-20-34)38(43)28-42(48(2,45)46)35-21-23-36(24-22-35)47-29-32-16-8-4-9-17-32/h3-4,6-9,12-18,21-25,34,37H,5,10-11,19-20,26-29H2,1-2H3,(H,40,44)/t37-/m1/s1. The number of sulfonamides is 1. The van der Waals surface area contributed by atoms with Crippen LogP contribution in [0.2, 0.25) is 0 Å². The van der Waals surface area contributed by atoms with E-state index in [4.69, 9.17) is 4.74 Å². The van der Waals surface area contributed by atoms with Gasteiger partial charge in [0.25, 0.3) is 0 Å². The van der Waals surface area contributed by atoms with Crippen molar-refractivity contribution in [3.05, 3.63) is 131 Å². The molecule has 0 aromatic heterocycles. The lowest BCUT2D eigenvalue weighted by molar-refractivity contribution is -0.140. The Kier molecular flexibility index (Phi) is 11.9. The quantitative estimate of drug-likeness (QED) is 0.167. The SMILES string of the molecule is Cc1cccc(CN(C(=O)CN(c2ccc(OCc3ccccc3)cc2)S(C)(=O)=O)[C@H](Cc2ccccc2)C(=O)NC2CCCCC2)c1. The molecule has 4 aromatic carbocycles. The summed E-state index contributed by atoms with van der Waals surface area (Å²) in [5.74, 6) is -0.116. The van der Waals surface area contributed by atoms with Crippen molar-refractivity contribution in [1.29, 1.82) is 0 Å². The highest BCUT2D eigenvalue weighted by Gasteiger charge is 2.34. The van der Waals surface area contributed by atoms with Crippen molar-refractivity contribution in [3.8, 4) is 5.75 Å². The summed E-state index contributed by atoms with van der Waals surface area (Å²) in [6, 6.07) is 33.1. The van der Waals surface area contributed by atoms with Crippen LogP contribution in [0.5, 0.6) is 5.75 Å². The minimum absolute atomic E-state index is 0.0515. The number of anilines is 1. The van der Waals surface area contributed by atoms with Crippen LogP contribution in [-0.2, 0) is 39.2 Å². The van der Waals surface area contributed by atoms with Gasteiger partial charge in [-0.25, -0.2) is 8.42 Å². The van der Waals surface area contributed by atoms with E-state index in [2.05, 4.69) is 5.32 Å². The first-order valence-corrected chi connectivity index (χ1v) is 18.4. The maximum atomic E-state index is 14.4. The van der Waals surface area contributed by atoms with E-state index in [-0.39, 0.29) is 18.5 Å². The summed E-state index contributed by atoms with van der Waals surface area (Å²) >= 11 is 0. The number of carbonyl (C=O) groups is 2. The van der Waals surface area contributed by atoms with Gasteiger partial charge in [-0.1, -0.05) is 110 Å². The van der Waals surface area contributed by atoms with Crippen molar-refractivity contribution in [1.82, 2.24) is 10.2 Å². The molecule has 1 saturated carbocycles. The van der Waals surface area contributed by atoms with Crippen molar-refractivity contribution in [2.75, 3.05) is 17.1 Å². The van der Waals surface area contributed by atoms with Crippen LogP contribution in [0.1, 0.15) is 54.4 Å². The minimum atomic E-state index is -3.88. The third kappa shape index (κ3) is 9.94. The fraction of sp³-hybridized carbons (Fsp3) is 0.333. The molecule has 48 heavy (non-hydrogen) atoms. The summed E-state index contributed by atoms with van der Waals surface area (Å²) in [5.41, 5.74) is 4.14. The molecule has 5 rings (SSSR count). The molecular weight excluding hydrogens is 623 g/mol. The molecule has 1 N–H and O–H groups in total. The number of aryl methyl sites for hydroxylation is 1.